The molecule has 2 unspecified atom stereocenters. The van der Waals surface area contributed by atoms with E-state index >= 15 is 0 Å². The summed E-state index contributed by atoms with van der Waals surface area (Å²) in [7, 11) is 0. The first kappa shape index (κ1) is 21.7. The molecule has 0 spiro atoms. The van der Waals surface area contributed by atoms with Crippen molar-refractivity contribution >= 4 is 5.91 Å². The van der Waals surface area contributed by atoms with Crippen LogP contribution in [0.5, 0.6) is 0 Å². The van der Waals surface area contributed by atoms with Gasteiger partial charge in [0.25, 0.3) is 0 Å². The van der Waals surface area contributed by atoms with Gasteiger partial charge in [-0.2, -0.15) is 5.26 Å². The molecule has 2 rings (SSSR count). The van der Waals surface area contributed by atoms with E-state index in [0.29, 0.717) is 5.56 Å². The van der Waals surface area contributed by atoms with Gasteiger partial charge in [0.2, 0.25) is 5.91 Å². The molecule has 0 aliphatic heterocycles. The Labute approximate surface area is 166 Å². The number of carbonyl (C=O) groups excluding carboxylic acids is 1. The second kappa shape index (κ2) is 9.05. The van der Waals surface area contributed by atoms with Crippen molar-refractivity contribution in [3.8, 4) is 17.2 Å². The van der Waals surface area contributed by atoms with Crippen LogP contribution in [0.1, 0.15) is 45.7 Å². The number of nitriles is 1. The monoisotopic (exact) mass is 383 g/mol. The van der Waals surface area contributed by atoms with Crippen LogP contribution in [-0.2, 0) is 4.79 Å². The van der Waals surface area contributed by atoms with E-state index in [2.05, 4.69) is 11.4 Å². The van der Waals surface area contributed by atoms with Crippen molar-refractivity contribution in [2.45, 2.75) is 52.3 Å². The summed E-state index contributed by atoms with van der Waals surface area (Å²) in [6, 6.07) is 10.2. The van der Waals surface area contributed by atoms with Crippen molar-refractivity contribution in [3.05, 3.63) is 48.3 Å². The summed E-state index contributed by atoms with van der Waals surface area (Å²) < 4.78 is 1.78. The van der Waals surface area contributed by atoms with Crippen molar-refractivity contribution in [3.63, 3.8) is 0 Å². The average Bonchev–Trinajstić information content (AvgIpc) is 3.12. The summed E-state index contributed by atoms with van der Waals surface area (Å²) in [5, 5.41) is 31.4. The molecule has 1 aromatic carbocycles. The molecule has 3 N–H and O–H groups in total. The number of rotatable bonds is 7. The minimum absolute atomic E-state index is 0.154. The number of aromatic nitrogens is 1. The highest BCUT2D eigenvalue weighted by atomic mass is 16.3. The molecular weight excluding hydrogens is 354 g/mol. The number of hydrogen-bond acceptors (Lipinski definition) is 4. The molecule has 6 heteroatoms. The first-order valence-electron chi connectivity index (χ1n) is 9.43. The molecular formula is C22H29N3O3. The Morgan fingerprint density at radius 2 is 1.86 bits per heavy atom. The maximum atomic E-state index is 12.9. The van der Waals surface area contributed by atoms with Crippen molar-refractivity contribution in [2.24, 2.45) is 5.41 Å². The molecule has 0 bridgehead atoms. The smallest absolute Gasteiger partial charge is 0.243 e. The van der Waals surface area contributed by atoms with Gasteiger partial charge in [0.05, 0.1) is 30.4 Å². The maximum Gasteiger partial charge on any atom is 0.243 e. The number of amides is 1. The number of nitrogens with one attached hydrogen (secondary N) is 1. The van der Waals surface area contributed by atoms with Crippen molar-refractivity contribution in [1.29, 1.82) is 5.26 Å². The molecule has 1 aromatic heterocycles. The van der Waals surface area contributed by atoms with E-state index in [0.717, 1.165) is 11.1 Å². The second-order valence-corrected chi connectivity index (χ2v) is 8.25. The van der Waals surface area contributed by atoms with Gasteiger partial charge in [-0.15, -0.1) is 0 Å². The van der Waals surface area contributed by atoms with E-state index < -0.39 is 12.1 Å². The van der Waals surface area contributed by atoms with Crippen molar-refractivity contribution in [1.82, 2.24) is 9.88 Å². The molecule has 0 aliphatic carbocycles. The van der Waals surface area contributed by atoms with Crippen LogP contribution < -0.4 is 5.32 Å². The van der Waals surface area contributed by atoms with Crippen LogP contribution in [0.4, 0.5) is 0 Å². The van der Waals surface area contributed by atoms with Gasteiger partial charge in [-0.1, -0.05) is 32.9 Å². The van der Waals surface area contributed by atoms with E-state index in [1.807, 2.05) is 51.4 Å². The van der Waals surface area contributed by atoms with Gasteiger partial charge in [-0.05, 0) is 41.7 Å². The Bertz CT molecular complexity index is 826. The molecule has 0 radical (unpaired) electrons. The van der Waals surface area contributed by atoms with E-state index in [9.17, 15) is 15.0 Å². The Morgan fingerprint density at radius 1 is 1.21 bits per heavy atom. The average molecular weight is 383 g/mol. The van der Waals surface area contributed by atoms with Crippen molar-refractivity contribution in [2.75, 3.05) is 6.61 Å². The Balaban J connectivity index is 2.26. The van der Waals surface area contributed by atoms with E-state index in [4.69, 9.17) is 5.26 Å². The number of aliphatic hydroxyl groups is 2. The molecule has 3 atom stereocenters. The molecule has 28 heavy (non-hydrogen) atoms. The number of nitrogens with zero attached hydrogens (tertiary/aromatic N) is 2. The molecule has 0 saturated carbocycles. The molecule has 0 saturated heterocycles. The molecule has 1 amide bonds. The van der Waals surface area contributed by atoms with Gasteiger partial charge in [0.1, 0.15) is 6.04 Å². The fourth-order valence-electron chi connectivity index (χ4n) is 3.01. The SMILES string of the molecule is CC(O)CC(C(=O)N[C@H](CO)C(C)(C)C)n1ccc(-c2ccc(C#N)cc2)c1. The van der Waals surface area contributed by atoms with Crippen LogP contribution in [0, 0.1) is 16.7 Å². The highest BCUT2D eigenvalue weighted by Crippen LogP contribution is 2.25. The molecule has 150 valence electrons. The van der Waals surface area contributed by atoms with Gasteiger partial charge in [-0.25, -0.2) is 0 Å². The molecule has 6 nitrogen and oxygen atoms in total. The number of carbonyl (C=O) groups is 1. The highest BCUT2D eigenvalue weighted by Gasteiger charge is 2.30. The molecule has 1 heterocycles. The van der Waals surface area contributed by atoms with E-state index in [1.54, 1.807) is 23.6 Å². The zero-order chi connectivity index (χ0) is 20.9. The number of benzene rings is 1. The van der Waals surface area contributed by atoms with Crippen LogP contribution in [0.3, 0.4) is 0 Å². The first-order valence-corrected chi connectivity index (χ1v) is 9.43. The topological polar surface area (TPSA) is 98.3 Å². The Kier molecular flexibility index (Phi) is 7.00. The first-order chi connectivity index (χ1) is 13.2. The highest BCUT2D eigenvalue weighted by molar-refractivity contribution is 5.81. The maximum absolute atomic E-state index is 12.9. The van der Waals surface area contributed by atoms with Crippen LogP contribution in [-0.4, -0.2) is 39.4 Å². The number of aliphatic hydroxyl groups excluding tert-OH is 2. The van der Waals surface area contributed by atoms with Crippen LogP contribution in [0.15, 0.2) is 42.7 Å². The fraction of sp³-hybridized carbons (Fsp3) is 0.455. The fourth-order valence-corrected chi connectivity index (χ4v) is 3.01. The zero-order valence-corrected chi connectivity index (χ0v) is 16.9. The van der Waals surface area contributed by atoms with E-state index in [1.165, 1.54) is 0 Å². The minimum atomic E-state index is -0.654. The summed E-state index contributed by atoms with van der Waals surface area (Å²) in [6.45, 7) is 7.36. The predicted molar refractivity (Wildman–Crippen MR) is 108 cm³/mol. The zero-order valence-electron chi connectivity index (χ0n) is 16.9. The molecule has 2 aromatic rings. The van der Waals surface area contributed by atoms with Gasteiger partial charge < -0.3 is 20.1 Å². The summed E-state index contributed by atoms with van der Waals surface area (Å²) in [5.41, 5.74) is 2.16. The lowest BCUT2D eigenvalue weighted by atomic mass is 9.87. The van der Waals surface area contributed by atoms with Crippen LogP contribution >= 0.6 is 0 Å². The lowest BCUT2D eigenvalue weighted by molar-refractivity contribution is -0.127. The second-order valence-electron chi connectivity index (χ2n) is 8.25. The third-order valence-corrected chi connectivity index (χ3v) is 4.83. The lowest BCUT2D eigenvalue weighted by Gasteiger charge is -2.32. The lowest BCUT2D eigenvalue weighted by Crippen LogP contribution is -2.48. The predicted octanol–water partition coefficient (Wildman–Crippen LogP) is 2.86. The summed E-state index contributed by atoms with van der Waals surface area (Å²) in [6.07, 6.45) is 3.28. The quantitative estimate of drug-likeness (QED) is 0.685. The normalized spacial score (nSPS) is 14.8. The third-order valence-electron chi connectivity index (χ3n) is 4.83. The summed E-state index contributed by atoms with van der Waals surface area (Å²) in [4.78, 5) is 12.9. The summed E-state index contributed by atoms with van der Waals surface area (Å²) in [5.74, 6) is -0.239. The largest absolute Gasteiger partial charge is 0.394 e. The van der Waals surface area contributed by atoms with Gasteiger partial charge in [0, 0.05) is 18.8 Å². The van der Waals surface area contributed by atoms with E-state index in [-0.39, 0.29) is 30.4 Å². The third kappa shape index (κ3) is 5.44. The Morgan fingerprint density at radius 3 is 2.36 bits per heavy atom. The Hall–Kier alpha value is -2.62. The van der Waals surface area contributed by atoms with Crippen LogP contribution in [0.2, 0.25) is 0 Å². The number of hydrogen-bond donors (Lipinski definition) is 3. The minimum Gasteiger partial charge on any atom is -0.394 e. The standard InChI is InChI=1S/C22H29N3O3/c1-15(27)11-19(21(28)24-20(14-26)22(2,3)4)25-10-9-18(13-25)17-7-5-16(12-23)6-8-17/h5-10,13,15,19-20,26-27H,11,14H2,1-4H3,(H,24,28)/t15?,19?,20-/m1/s1. The van der Waals surface area contributed by atoms with Gasteiger partial charge >= 0.3 is 0 Å². The molecule has 0 aliphatic rings. The van der Waals surface area contributed by atoms with Crippen molar-refractivity contribution < 1.29 is 15.0 Å². The molecule has 0 fully saturated rings. The van der Waals surface area contributed by atoms with Crippen LogP contribution in [0.25, 0.3) is 11.1 Å². The van der Waals surface area contributed by atoms with Gasteiger partial charge in [0.15, 0.2) is 0 Å². The van der Waals surface area contributed by atoms with Gasteiger partial charge in [-0.3, -0.25) is 4.79 Å². The summed E-state index contributed by atoms with van der Waals surface area (Å²) >= 11 is 0.